The molecule has 1 N–H and O–H groups in total. The molecule has 2 heterocycles. The first-order valence-corrected chi connectivity index (χ1v) is 11.6. The van der Waals surface area contributed by atoms with E-state index >= 15 is 0 Å². The van der Waals surface area contributed by atoms with E-state index in [-0.39, 0.29) is 0 Å². The third-order valence-corrected chi connectivity index (χ3v) is 6.39. The number of thiazole rings is 1. The highest BCUT2D eigenvalue weighted by molar-refractivity contribution is 7.98. The van der Waals surface area contributed by atoms with Crippen LogP contribution in [0.1, 0.15) is 16.8 Å². The number of rotatable bonds is 8. The van der Waals surface area contributed by atoms with Gasteiger partial charge in [-0.25, -0.2) is 9.97 Å². The molecular formula is C23H20ClN3OS2. The molecular weight excluding hydrogens is 434 g/mol. The number of hydrogen-bond acceptors (Lipinski definition) is 6. The molecule has 2 aromatic carbocycles. The molecule has 30 heavy (non-hydrogen) atoms. The molecule has 0 unspecified atom stereocenters. The number of aryl methyl sites for hydroxylation is 1. The van der Waals surface area contributed by atoms with Crippen LogP contribution in [0.3, 0.4) is 0 Å². The second-order valence-corrected chi connectivity index (χ2v) is 8.97. The Morgan fingerprint density at radius 1 is 1.07 bits per heavy atom. The molecule has 0 fully saturated rings. The van der Waals surface area contributed by atoms with Crippen molar-refractivity contribution in [2.75, 3.05) is 5.32 Å². The van der Waals surface area contributed by atoms with Crippen molar-refractivity contribution >= 4 is 45.6 Å². The molecule has 0 bridgehead atoms. The van der Waals surface area contributed by atoms with Gasteiger partial charge in [-0.3, -0.25) is 0 Å². The molecule has 0 saturated carbocycles. The molecule has 0 spiro atoms. The molecule has 152 valence electrons. The standard InChI is InChI=1S/C23H20ClN3OS2/c1-16-14-30-23(26-16)27-22-21(28-13-17-5-3-2-4-6-17)11-20(12-25-22)29-15-18-7-9-19(24)10-8-18/h2-12,14H,13,15H2,1H3,(H,25,26,27). The van der Waals surface area contributed by atoms with Gasteiger partial charge in [-0.1, -0.05) is 54.1 Å². The molecule has 0 saturated heterocycles. The van der Waals surface area contributed by atoms with Gasteiger partial charge in [0.25, 0.3) is 0 Å². The lowest BCUT2D eigenvalue weighted by molar-refractivity contribution is 0.306. The molecule has 0 radical (unpaired) electrons. The number of hydrogen-bond donors (Lipinski definition) is 1. The van der Waals surface area contributed by atoms with Gasteiger partial charge in [0.1, 0.15) is 6.61 Å². The molecule has 7 heteroatoms. The zero-order chi connectivity index (χ0) is 20.8. The second kappa shape index (κ2) is 9.98. The Hall–Kier alpha value is -2.54. The topological polar surface area (TPSA) is 47.0 Å². The van der Waals surface area contributed by atoms with Crippen LogP contribution < -0.4 is 10.1 Å². The predicted molar refractivity (Wildman–Crippen MR) is 126 cm³/mol. The van der Waals surface area contributed by atoms with Gasteiger partial charge in [0.05, 0.1) is 5.69 Å². The number of pyridine rings is 1. The maximum atomic E-state index is 6.13. The lowest BCUT2D eigenvalue weighted by Gasteiger charge is -2.13. The van der Waals surface area contributed by atoms with Gasteiger partial charge in [-0.05, 0) is 36.2 Å². The molecule has 0 aliphatic carbocycles. The van der Waals surface area contributed by atoms with Crippen LogP contribution >= 0.6 is 34.7 Å². The van der Waals surface area contributed by atoms with Gasteiger partial charge in [-0.2, -0.15) is 0 Å². The van der Waals surface area contributed by atoms with Gasteiger partial charge in [0.2, 0.25) is 0 Å². The monoisotopic (exact) mass is 453 g/mol. The van der Waals surface area contributed by atoms with Crippen molar-refractivity contribution in [3.8, 4) is 5.75 Å². The molecule has 2 aromatic heterocycles. The Kier molecular flexibility index (Phi) is 6.89. The average Bonchev–Trinajstić information content (AvgIpc) is 3.18. The van der Waals surface area contributed by atoms with Crippen LogP contribution in [0, 0.1) is 6.92 Å². The Labute approximate surface area is 189 Å². The summed E-state index contributed by atoms with van der Waals surface area (Å²) in [6, 6.07) is 20.0. The summed E-state index contributed by atoms with van der Waals surface area (Å²) >= 11 is 9.23. The van der Waals surface area contributed by atoms with Crippen molar-refractivity contribution in [2.24, 2.45) is 0 Å². The SMILES string of the molecule is Cc1csc(Nc2ncc(SCc3ccc(Cl)cc3)cc2OCc2ccccc2)n1. The number of anilines is 2. The minimum Gasteiger partial charge on any atom is -0.485 e. The fourth-order valence-electron chi connectivity index (χ4n) is 2.70. The Morgan fingerprint density at radius 3 is 2.60 bits per heavy atom. The third-order valence-electron chi connectivity index (χ3n) is 4.23. The highest BCUT2D eigenvalue weighted by atomic mass is 35.5. The van der Waals surface area contributed by atoms with E-state index in [1.807, 2.05) is 79.2 Å². The Morgan fingerprint density at radius 2 is 1.87 bits per heavy atom. The quantitative estimate of drug-likeness (QED) is 0.288. The van der Waals surface area contributed by atoms with Gasteiger partial charge in [-0.15, -0.1) is 23.1 Å². The zero-order valence-corrected chi connectivity index (χ0v) is 18.7. The number of halogens is 1. The highest BCUT2D eigenvalue weighted by Gasteiger charge is 2.11. The van der Waals surface area contributed by atoms with E-state index in [1.165, 1.54) is 5.56 Å². The highest BCUT2D eigenvalue weighted by Crippen LogP contribution is 2.33. The van der Waals surface area contributed by atoms with Crippen LogP contribution in [0.25, 0.3) is 0 Å². The van der Waals surface area contributed by atoms with E-state index in [2.05, 4.69) is 15.3 Å². The first kappa shape index (κ1) is 20.7. The molecule has 4 rings (SSSR count). The predicted octanol–water partition coefficient (Wildman–Crippen LogP) is 7.11. The van der Waals surface area contributed by atoms with Crippen LogP contribution in [-0.4, -0.2) is 9.97 Å². The van der Waals surface area contributed by atoms with Gasteiger partial charge >= 0.3 is 0 Å². The van der Waals surface area contributed by atoms with Crippen LogP contribution in [0.2, 0.25) is 5.02 Å². The van der Waals surface area contributed by atoms with E-state index in [1.54, 1.807) is 23.1 Å². The number of aromatic nitrogens is 2. The Balaban J connectivity index is 1.51. The summed E-state index contributed by atoms with van der Waals surface area (Å²) in [5.41, 5.74) is 3.29. The molecule has 0 amide bonds. The van der Waals surface area contributed by atoms with E-state index in [9.17, 15) is 0 Å². The summed E-state index contributed by atoms with van der Waals surface area (Å²) in [5, 5.41) is 6.83. The molecule has 4 nitrogen and oxygen atoms in total. The fraction of sp³-hybridized carbons (Fsp3) is 0.130. The maximum Gasteiger partial charge on any atom is 0.188 e. The smallest absolute Gasteiger partial charge is 0.188 e. The molecule has 0 aliphatic rings. The van der Waals surface area contributed by atoms with Crippen molar-refractivity contribution in [3.05, 3.63) is 94.1 Å². The third kappa shape index (κ3) is 5.75. The minimum absolute atomic E-state index is 0.472. The minimum atomic E-state index is 0.472. The average molecular weight is 454 g/mol. The number of nitrogens with zero attached hydrogens (tertiary/aromatic N) is 2. The van der Waals surface area contributed by atoms with E-state index in [4.69, 9.17) is 16.3 Å². The van der Waals surface area contributed by atoms with Crippen LogP contribution in [0.5, 0.6) is 5.75 Å². The first-order valence-electron chi connectivity index (χ1n) is 9.39. The van der Waals surface area contributed by atoms with Crippen molar-refractivity contribution in [1.29, 1.82) is 0 Å². The van der Waals surface area contributed by atoms with Gasteiger partial charge in [0, 0.05) is 27.2 Å². The summed E-state index contributed by atoms with van der Waals surface area (Å²) in [6.07, 6.45) is 1.86. The fourth-order valence-corrected chi connectivity index (χ4v) is 4.36. The van der Waals surface area contributed by atoms with E-state index in [0.29, 0.717) is 18.2 Å². The number of nitrogens with one attached hydrogen (secondary N) is 1. The van der Waals surface area contributed by atoms with Crippen molar-refractivity contribution in [3.63, 3.8) is 0 Å². The summed E-state index contributed by atoms with van der Waals surface area (Å²) < 4.78 is 6.13. The largest absolute Gasteiger partial charge is 0.485 e. The lowest BCUT2D eigenvalue weighted by atomic mass is 10.2. The summed E-state index contributed by atoms with van der Waals surface area (Å²) in [6.45, 7) is 2.44. The van der Waals surface area contributed by atoms with Crippen LogP contribution in [-0.2, 0) is 12.4 Å². The molecule has 0 atom stereocenters. The maximum absolute atomic E-state index is 6.13. The van der Waals surface area contributed by atoms with Crippen molar-refractivity contribution in [1.82, 2.24) is 9.97 Å². The summed E-state index contributed by atoms with van der Waals surface area (Å²) in [5.74, 6) is 2.19. The van der Waals surface area contributed by atoms with E-state index in [0.717, 1.165) is 32.1 Å². The second-order valence-electron chi connectivity index (χ2n) is 6.63. The number of benzene rings is 2. The van der Waals surface area contributed by atoms with Crippen LogP contribution in [0.4, 0.5) is 10.9 Å². The number of ether oxygens (including phenoxy) is 1. The molecule has 0 aliphatic heterocycles. The Bertz CT molecular complexity index is 1100. The van der Waals surface area contributed by atoms with Gasteiger partial charge < -0.3 is 10.1 Å². The van der Waals surface area contributed by atoms with Crippen molar-refractivity contribution < 1.29 is 4.74 Å². The summed E-state index contributed by atoms with van der Waals surface area (Å²) in [4.78, 5) is 10.1. The summed E-state index contributed by atoms with van der Waals surface area (Å²) in [7, 11) is 0. The molecule has 4 aromatic rings. The number of thioether (sulfide) groups is 1. The zero-order valence-electron chi connectivity index (χ0n) is 16.3. The van der Waals surface area contributed by atoms with Crippen molar-refractivity contribution in [2.45, 2.75) is 24.2 Å². The first-order chi connectivity index (χ1) is 14.7. The normalized spacial score (nSPS) is 10.7. The van der Waals surface area contributed by atoms with Gasteiger partial charge in [0.15, 0.2) is 16.7 Å². The lowest BCUT2D eigenvalue weighted by Crippen LogP contribution is -2.01. The van der Waals surface area contributed by atoms with E-state index < -0.39 is 0 Å². The van der Waals surface area contributed by atoms with Crippen LogP contribution in [0.15, 0.2) is 77.1 Å².